The van der Waals surface area contributed by atoms with E-state index in [2.05, 4.69) is 24.9 Å². The van der Waals surface area contributed by atoms with E-state index < -0.39 is 0 Å². The van der Waals surface area contributed by atoms with Crippen LogP contribution in [0.4, 0.5) is 0 Å². The molecule has 1 aromatic rings. The Balaban J connectivity index is 2.13. The topological polar surface area (TPSA) is 38.9 Å². The van der Waals surface area contributed by atoms with Crippen molar-refractivity contribution in [3.63, 3.8) is 0 Å². The van der Waals surface area contributed by atoms with E-state index in [9.17, 15) is 0 Å². The Hall–Kier alpha value is -0.890. The number of hydrogen-bond acceptors (Lipinski definition) is 2. The summed E-state index contributed by atoms with van der Waals surface area (Å²) in [5, 5.41) is 0. The van der Waals surface area contributed by atoms with Gasteiger partial charge in [-0.2, -0.15) is 0 Å². The zero-order valence-electron chi connectivity index (χ0n) is 9.61. The molecule has 3 unspecified atom stereocenters. The average molecular weight is 204 g/mol. The highest BCUT2D eigenvalue weighted by atomic mass is 14.7. The summed E-state index contributed by atoms with van der Waals surface area (Å²) in [6.45, 7) is 4.39. The largest absolute Gasteiger partial charge is 0.328 e. The van der Waals surface area contributed by atoms with Crippen molar-refractivity contribution in [3.05, 3.63) is 29.6 Å². The van der Waals surface area contributed by atoms with E-state index in [1.165, 1.54) is 24.1 Å². The fourth-order valence-electron chi connectivity index (χ4n) is 2.75. The van der Waals surface area contributed by atoms with Crippen LogP contribution in [-0.4, -0.2) is 11.0 Å². The molecule has 1 aliphatic rings. The summed E-state index contributed by atoms with van der Waals surface area (Å²) in [7, 11) is 0. The smallest absolute Gasteiger partial charge is 0.0469 e. The predicted molar refractivity (Wildman–Crippen MR) is 62.7 cm³/mol. The van der Waals surface area contributed by atoms with Crippen molar-refractivity contribution in [2.75, 3.05) is 0 Å². The summed E-state index contributed by atoms with van der Waals surface area (Å²) in [4.78, 5) is 4.53. The molecule has 1 heterocycles. The summed E-state index contributed by atoms with van der Waals surface area (Å²) in [6, 6.07) is 4.55. The Kier molecular flexibility index (Phi) is 3.06. The molecule has 0 radical (unpaired) electrons. The first-order chi connectivity index (χ1) is 7.18. The number of nitrogens with zero attached hydrogens (tertiary/aromatic N) is 1. The first-order valence-corrected chi connectivity index (χ1v) is 5.88. The number of aromatic nitrogens is 1. The van der Waals surface area contributed by atoms with Crippen LogP contribution in [0.15, 0.2) is 18.3 Å². The van der Waals surface area contributed by atoms with E-state index in [0.29, 0.717) is 17.9 Å². The van der Waals surface area contributed by atoms with Crippen LogP contribution in [0.25, 0.3) is 0 Å². The number of nitrogens with two attached hydrogens (primary N) is 1. The molecule has 1 aliphatic carbocycles. The minimum absolute atomic E-state index is 0.299. The van der Waals surface area contributed by atoms with Crippen LogP contribution in [-0.2, 0) is 6.42 Å². The fourth-order valence-corrected chi connectivity index (χ4v) is 2.75. The SMILES string of the molecule is CC(N)CC(C)C1CCc2cccnc21. The van der Waals surface area contributed by atoms with Gasteiger partial charge in [0, 0.05) is 23.9 Å². The lowest BCUT2D eigenvalue weighted by atomic mass is 9.87. The molecule has 1 aromatic heterocycles. The lowest BCUT2D eigenvalue weighted by Crippen LogP contribution is -2.21. The van der Waals surface area contributed by atoms with E-state index in [0.717, 1.165) is 6.42 Å². The monoisotopic (exact) mass is 204 g/mol. The molecule has 0 bridgehead atoms. The van der Waals surface area contributed by atoms with E-state index in [1.807, 2.05) is 12.3 Å². The standard InChI is InChI=1S/C13H20N2/c1-9(8-10(2)14)12-6-5-11-4-3-7-15-13(11)12/h3-4,7,9-10,12H,5-6,8,14H2,1-2H3. The van der Waals surface area contributed by atoms with Crippen LogP contribution in [0, 0.1) is 5.92 Å². The molecular formula is C13H20N2. The third-order valence-corrected chi connectivity index (χ3v) is 3.43. The minimum atomic E-state index is 0.299. The van der Waals surface area contributed by atoms with E-state index in [1.54, 1.807) is 0 Å². The lowest BCUT2D eigenvalue weighted by Gasteiger charge is -2.21. The molecule has 0 aromatic carbocycles. The first-order valence-electron chi connectivity index (χ1n) is 5.88. The van der Waals surface area contributed by atoms with Crippen molar-refractivity contribution in [3.8, 4) is 0 Å². The van der Waals surface area contributed by atoms with Crippen molar-refractivity contribution in [1.82, 2.24) is 4.98 Å². The van der Waals surface area contributed by atoms with Crippen LogP contribution in [0.1, 0.15) is 43.9 Å². The molecule has 3 atom stereocenters. The zero-order valence-corrected chi connectivity index (χ0v) is 9.61. The van der Waals surface area contributed by atoms with Crippen LogP contribution < -0.4 is 5.73 Å². The van der Waals surface area contributed by atoms with Gasteiger partial charge in [-0.1, -0.05) is 13.0 Å². The molecule has 0 spiro atoms. The number of rotatable bonds is 3. The number of fused-ring (bicyclic) bond motifs is 1. The highest BCUT2D eigenvalue weighted by Crippen LogP contribution is 2.38. The summed E-state index contributed by atoms with van der Waals surface area (Å²) >= 11 is 0. The molecule has 2 nitrogen and oxygen atoms in total. The van der Waals surface area contributed by atoms with Gasteiger partial charge in [-0.15, -0.1) is 0 Å². The van der Waals surface area contributed by atoms with Crippen LogP contribution >= 0.6 is 0 Å². The number of aryl methyl sites for hydroxylation is 1. The molecule has 82 valence electrons. The van der Waals surface area contributed by atoms with Gasteiger partial charge in [0.15, 0.2) is 0 Å². The lowest BCUT2D eigenvalue weighted by molar-refractivity contribution is 0.394. The molecule has 15 heavy (non-hydrogen) atoms. The Morgan fingerprint density at radius 3 is 3.07 bits per heavy atom. The Morgan fingerprint density at radius 1 is 1.53 bits per heavy atom. The second-order valence-electron chi connectivity index (χ2n) is 4.88. The van der Waals surface area contributed by atoms with Gasteiger partial charge in [0.05, 0.1) is 0 Å². The predicted octanol–water partition coefficient (Wildman–Crippen LogP) is 2.48. The van der Waals surface area contributed by atoms with Crippen LogP contribution in [0.5, 0.6) is 0 Å². The third-order valence-electron chi connectivity index (χ3n) is 3.43. The van der Waals surface area contributed by atoms with E-state index in [4.69, 9.17) is 5.73 Å². The molecule has 2 heteroatoms. The van der Waals surface area contributed by atoms with E-state index >= 15 is 0 Å². The second kappa shape index (κ2) is 4.31. The van der Waals surface area contributed by atoms with Gasteiger partial charge in [0.25, 0.3) is 0 Å². The van der Waals surface area contributed by atoms with Gasteiger partial charge >= 0.3 is 0 Å². The maximum Gasteiger partial charge on any atom is 0.0469 e. The Bertz CT molecular complexity index is 333. The second-order valence-corrected chi connectivity index (χ2v) is 4.88. The molecule has 0 saturated heterocycles. The van der Waals surface area contributed by atoms with Crippen molar-refractivity contribution in [2.45, 2.75) is 45.1 Å². The maximum atomic E-state index is 5.86. The van der Waals surface area contributed by atoms with E-state index in [-0.39, 0.29) is 0 Å². The van der Waals surface area contributed by atoms with Crippen molar-refractivity contribution < 1.29 is 0 Å². The fraction of sp³-hybridized carbons (Fsp3) is 0.615. The van der Waals surface area contributed by atoms with Crippen LogP contribution in [0.3, 0.4) is 0 Å². The summed E-state index contributed by atoms with van der Waals surface area (Å²) in [5.74, 6) is 1.29. The van der Waals surface area contributed by atoms with Crippen LogP contribution in [0.2, 0.25) is 0 Å². The summed E-state index contributed by atoms with van der Waals surface area (Å²) in [5.41, 5.74) is 8.63. The molecule has 0 amide bonds. The molecule has 0 saturated carbocycles. The Labute approximate surface area is 91.9 Å². The first kappa shape index (κ1) is 10.6. The van der Waals surface area contributed by atoms with Gasteiger partial charge < -0.3 is 5.73 Å². The maximum absolute atomic E-state index is 5.86. The molecular weight excluding hydrogens is 184 g/mol. The van der Waals surface area contributed by atoms with Gasteiger partial charge in [-0.3, -0.25) is 4.98 Å². The Morgan fingerprint density at radius 2 is 2.33 bits per heavy atom. The van der Waals surface area contributed by atoms with Crippen molar-refractivity contribution in [2.24, 2.45) is 11.7 Å². The van der Waals surface area contributed by atoms with Gasteiger partial charge in [-0.25, -0.2) is 0 Å². The number of pyridine rings is 1. The summed E-state index contributed by atoms with van der Waals surface area (Å²) < 4.78 is 0. The normalized spacial score (nSPS) is 23.5. The molecule has 0 aliphatic heterocycles. The highest BCUT2D eigenvalue weighted by molar-refractivity contribution is 5.28. The van der Waals surface area contributed by atoms with Gasteiger partial charge in [0.2, 0.25) is 0 Å². The molecule has 2 N–H and O–H groups in total. The van der Waals surface area contributed by atoms with Crippen molar-refractivity contribution >= 4 is 0 Å². The molecule has 0 fully saturated rings. The van der Waals surface area contributed by atoms with Gasteiger partial charge in [-0.05, 0) is 43.7 Å². The molecule has 2 rings (SSSR count). The zero-order chi connectivity index (χ0) is 10.8. The number of hydrogen-bond donors (Lipinski definition) is 1. The average Bonchev–Trinajstić information content (AvgIpc) is 2.59. The third kappa shape index (κ3) is 2.20. The quantitative estimate of drug-likeness (QED) is 0.821. The van der Waals surface area contributed by atoms with Crippen molar-refractivity contribution in [1.29, 1.82) is 0 Å². The summed E-state index contributed by atoms with van der Waals surface area (Å²) in [6.07, 6.45) is 5.45. The minimum Gasteiger partial charge on any atom is -0.328 e. The highest BCUT2D eigenvalue weighted by Gasteiger charge is 2.28. The van der Waals surface area contributed by atoms with Gasteiger partial charge in [0.1, 0.15) is 0 Å².